The first-order valence-electron chi connectivity index (χ1n) is 29.5. The van der Waals surface area contributed by atoms with Crippen LogP contribution >= 0.6 is 11.8 Å². The highest BCUT2D eigenvalue weighted by Crippen LogP contribution is 2.37. The third-order valence-electron chi connectivity index (χ3n) is 16.0. The maximum absolute atomic E-state index is 15.3. The zero-order chi connectivity index (χ0) is 64.9. The van der Waals surface area contributed by atoms with E-state index in [0.717, 1.165) is 17.7 Å². The first-order chi connectivity index (χ1) is 41.8. The summed E-state index contributed by atoms with van der Waals surface area (Å²) in [5.74, 6) is -14.7. The summed E-state index contributed by atoms with van der Waals surface area (Å²) in [6.07, 6.45) is -2.68. The Morgan fingerprint density at radius 3 is 2.20 bits per heavy atom. The van der Waals surface area contributed by atoms with E-state index in [-0.39, 0.29) is 35.2 Å². The molecule has 10 amide bonds. The lowest BCUT2D eigenvalue weighted by atomic mass is 9.85. The normalized spacial score (nSPS) is 24.2. The van der Waals surface area contributed by atoms with Crippen LogP contribution in [0.3, 0.4) is 0 Å². The number of primary amides is 1. The Labute approximate surface area is 515 Å². The van der Waals surface area contributed by atoms with Crippen LogP contribution in [0.25, 0.3) is 10.9 Å². The van der Waals surface area contributed by atoms with Crippen molar-refractivity contribution < 1.29 is 86.9 Å². The maximum Gasteiger partial charge on any atom is 0.314 e. The molecule has 4 heterocycles. The van der Waals surface area contributed by atoms with Gasteiger partial charge in [0.05, 0.1) is 79.5 Å². The average Bonchev–Trinajstić information content (AvgIpc) is 1.66. The highest BCUT2D eigenvalue weighted by Gasteiger charge is 2.45. The Balaban J connectivity index is 1.54. The molecule has 2 bridgehead atoms. The molecule has 1 saturated heterocycles. The number of H-pyrrole nitrogens is 1. The molecule has 12 atom stereocenters. The molecule has 29 nitrogen and oxygen atoms in total. The number of rotatable bonds is 23. The van der Waals surface area contributed by atoms with Gasteiger partial charge in [-0.3, -0.25) is 56.9 Å². The highest BCUT2D eigenvalue weighted by molar-refractivity contribution is 7.98. The van der Waals surface area contributed by atoms with E-state index in [0.29, 0.717) is 60.3 Å². The second kappa shape index (κ2) is 34.5. The number of nitrogens with zero attached hydrogens (tertiary/aromatic N) is 1. The lowest BCUT2D eigenvalue weighted by Crippen LogP contribution is -2.60. The molecule has 0 aliphatic carbocycles. The van der Waals surface area contributed by atoms with E-state index in [1.807, 2.05) is 0 Å². The molecule has 5 rings (SSSR count). The van der Waals surface area contributed by atoms with Crippen molar-refractivity contribution in [2.24, 2.45) is 35.3 Å². The summed E-state index contributed by atoms with van der Waals surface area (Å²) in [5, 5.41) is 62.1. The predicted molar refractivity (Wildman–Crippen MR) is 320 cm³/mol. The van der Waals surface area contributed by atoms with Crippen molar-refractivity contribution in [2.75, 3.05) is 64.5 Å². The number of fused-ring (bicyclic) bond motifs is 5. The minimum absolute atomic E-state index is 0.104. The predicted octanol–water partition coefficient (Wildman–Crippen LogP) is -2.12. The van der Waals surface area contributed by atoms with E-state index in [2.05, 4.69) is 47.5 Å². The molecule has 3 aliphatic rings. The molecule has 31 heteroatoms. The summed E-state index contributed by atoms with van der Waals surface area (Å²) in [4.78, 5) is 167. The van der Waals surface area contributed by atoms with Crippen molar-refractivity contribution in [3.8, 4) is 5.75 Å². The summed E-state index contributed by atoms with van der Waals surface area (Å²) < 4.78 is 21.1. The number of thioether (sulfide) groups is 1. The zero-order valence-corrected chi connectivity index (χ0v) is 51.8. The van der Waals surface area contributed by atoms with E-state index < -0.39 is 206 Å². The summed E-state index contributed by atoms with van der Waals surface area (Å²) in [7, 11) is -1.01. The Hall–Kier alpha value is -7.22. The number of ether oxygens (including phenoxy) is 1. The molecule has 1 aromatic carbocycles. The number of aromatic nitrogens is 1. The second-order valence-corrected chi connectivity index (χ2v) is 25.2. The molecule has 0 saturated carbocycles. The summed E-state index contributed by atoms with van der Waals surface area (Å²) in [6.45, 7) is 4.51. The van der Waals surface area contributed by atoms with E-state index >= 15 is 4.21 Å². The molecule has 3 aliphatic heterocycles. The number of hydrogen-bond donors (Lipinski definition) is 14. The number of carbonyl (C=O) groups is 12. The van der Waals surface area contributed by atoms with Crippen molar-refractivity contribution in [3.63, 3.8) is 0 Å². The molecule has 1 fully saturated rings. The smallest absolute Gasteiger partial charge is 0.314 e. The van der Waals surface area contributed by atoms with Gasteiger partial charge in [-0.05, 0) is 42.9 Å². The van der Waals surface area contributed by atoms with Crippen molar-refractivity contribution in [3.05, 3.63) is 23.3 Å². The number of ketones is 2. The number of nitrogens with two attached hydrogens (primary N) is 1. The van der Waals surface area contributed by atoms with Gasteiger partial charge in [-0.2, -0.15) is 11.8 Å². The number of amides is 10. The van der Waals surface area contributed by atoms with Crippen molar-refractivity contribution in [1.29, 1.82) is 0 Å². The highest BCUT2D eigenvalue weighted by atomic mass is 32.2. The van der Waals surface area contributed by atoms with Gasteiger partial charge >= 0.3 is 12.0 Å². The molecule has 15 N–H and O–H groups in total. The van der Waals surface area contributed by atoms with Gasteiger partial charge in [-0.25, -0.2) is 4.79 Å². The first-order valence-corrected chi connectivity index (χ1v) is 32.0. The topological polar surface area (TPSA) is 453 Å². The molecule has 2 unspecified atom stereocenters. The Morgan fingerprint density at radius 2 is 1.55 bits per heavy atom. The van der Waals surface area contributed by atoms with E-state index in [9.17, 15) is 72.9 Å². The summed E-state index contributed by atoms with van der Waals surface area (Å²) in [5.41, 5.74) is 6.59. The molecule has 88 heavy (non-hydrogen) atoms. The average molecular weight is 1280 g/mol. The quantitative estimate of drug-likeness (QED) is 0.0529. The fraction of sp³-hybridized carbons (Fsp3) is 0.649. The Morgan fingerprint density at radius 1 is 0.864 bits per heavy atom. The number of benzene rings is 1. The lowest BCUT2D eigenvalue weighted by molar-refractivity contribution is -0.144. The number of aliphatic hydroxyl groups excluding tert-OH is 3. The van der Waals surface area contributed by atoms with Crippen LogP contribution < -0.4 is 53.0 Å². The SMILES string of the molecule is CC[C@H](C)[C@@H]1CC(=O)CNC(=O)[C@H]2CC(=O)[C@H]([C@@H](C)[C@@H](O)CO)NC(=O)[C@@H]3C[C@@H](O)CN3C(=O)[C@H](CC(N)=O)NC(=O)[C@H](CS(=O)c3[nH]c4c(CSCCNC(=O)NCCCCCCNC(=O)CC(C)C(=O)O)c(OC)ccc4c3C2)NC(=O)CNC1=O. The van der Waals surface area contributed by atoms with Crippen molar-refractivity contribution in [1.82, 2.24) is 52.4 Å². The molecule has 1 aromatic heterocycles. The number of carboxylic acids is 1. The number of aliphatic carboxylic acids is 1. The number of carboxylic acid groups (broad SMARTS) is 1. The van der Waals surface area contributed by atoms with Gasteiger partial charge in [0.15, 0.2) is 11.6 Å². The molecule has 2 aromatic rings. The Kier molecular flexibility index (Phi) is 28.1. The Bertz CT molecular complexity index is 2910. The number of carbonyl (C=O) groups excluding carboxylic acids is 11. The molecular weight excluding hydrogens is 1190 g/mol. The largest absolute Gasteiger partial charge is 0.496 e. The van der Waals surface area contributed by atoms with Gasteiger partial charge in [0.2, 0.25) is 47.3 Å². The first kappa shape index (κ1) is 71.5. The zero-order valence-electron chi connectivity index (χ0n) is 50.2. The number of aromatic amines is 1. The van der Waals surface area contributed by atoms with Gasteiger partial charge in [0.1, 0.15) is 28.9 Å². The van der Waals surface area contributed by atoms with Crippen LogP contribution in [0.4, 0.5) is 4.79 Å². The number of nitrogens with one attached hydrogen (secondary N) is 9. The standard InChI is InChI=1S/C57H85N11O18S2/c1-6-29(2)36-20-33(70)23-62-50(77)32-18-37-35-11-12-44(86-5)38(27-87-16-15-61-57(84)60-14-10-8-7-9-13-59-46(75)17-30(3)56(82)83)49(35)67-54(37)88(85)28-40(64-47(76)24-63-51(36)78)52(79)65-39(22-45(58)74)55(81)68-25-34(71)21-41(68)53(80)66-48(42(72)19-32)31(4)43(73)26-69/h11-12,29-32,34,36,39-41,43,48,67,69,71,73H,6-10,13-28H2,1-5H3,(H2,58,74)(H,59,75)(H,62,77)(H,63,78)(H,64,76)(H,65,79)(H,66,80)(H,82,83)(H2,60,61,84)/t29-,30?,31-,32+,34+,36-,39-,40-,41-,43-,48-,88?/m0/s1. The molecule has 488 valence electrons. The van der Waals surface area contributed by atoms with Crippen molar-refractivity contribution in [2.45, 2.75) is 145 Å². The van der Waals surface area contributed by atoms with Gasteiger partial charge in [0.25, 0.3) is 0 Å². The van der Waals surface area contributed by atoms with Gasteiger partial charge in [-0.1, -0.05) is 47.0 Å². The van der Waals surface area contributed by atoms with Gasteiger partial charge in [0, 0.05) is 92.1 Å². The monoisotopic (exact) mass is 1280 g/mol. The van der Waals surface area contributed by atoms with E-state index in [1.165, 1.54) is 32.7 Å². The number of unbranched alkanes of at least 4 members (excludes halogenated alkanes) is 3. The lowest BCUT2D eigenvalue weighted by Gasteiger charge is -2.32. The minimum atomic E-state index is -2.43. The van der Waals surface area contributed by atoms with Crippen LogP contribution in [-0.4, -0.2) is 206 Å². The minimum Gasteiger partial charge on any atom is -0.496 e. The van der Waals surface area contributed by atoms with Crippen LogP contribution in [-0.2, 0) is 75.7 Å². The maximum atomic E-state index is 15.3. The van der Waals surface area contributed by atoms with Crippen LogP contribution in [0.15, 0.2) is 17.2 Å². The third kappa shape index (κ3) is 20.4. The summed E-state index contributed by atoms with van der Waals surface area (Å²) >= 11 is 1.37. The van der Waals surface area contributed by atoms with Crippen LogP contribution in [0.5, 0.6) is 5.75 Å². The number of aliphatic hydroxyl groups is 3. The molecular formula is C57H85N11O18S2. The fourth-order valence-corrected chi connectivity index (χ4v) is 12.9. The van der Waals surface area contributed by atoms with Gasteiger partial charge in [-0.15, -0.1) is 0 Å². The van der Waals surface area contributed by atoms with E-state index in [1.54, 1.807) is 26.0 Å². The van der Waals surface area contributed by atoms with Crippen LogP contribution in [0.1, 0.15) is 103 Å². The number of methoxy groups -OCH3 is 1. The van der Waals surface area contributed by atoms with Crippen LogP contribution in [0.2, 0.25) is 0 Å². The second-order valence-electron chi connectivity index (χ2n) is 22.6. The summed E-state index contributed by atoms with van der Waals surface area (Å²) in [6, 6.07) is -4.18. The fourth-order valence-electron chi connectivity index (χ4n) is 10.7. The number of hydrogen-bond acceptors (Lipinski definition) is 18. The molecule has 0 radical (unpaired) electrons. The molecule has 0 spiro atoms. The third-order valence-corrected chi connectivity index (χ3v) is 18.5. The van der Waals surface area contributed by atoms with Crippen molar-refractivity contribution >= 4 is 104 Å². The number of Topliss-reactive ketones (excluding diaryl/α,β-unsaturated/α-hetero) is 2. The van der Waals surface area contributed by atoms with Gasteiger partial charge < -0.3 is 83.3 Å². The van der Waals surface area contributed by atoms with E-state index in [4.69, 9.17) is 15.6 Å². The number of urea groups is 1. The van der Waals surface area contributed by atoms with Crippen LogP contribution in [0, 0.1) is 29.6 Å².